The van der Waals surface area contributed by atoms with Crippen molar-refractivity contribution in [2.45, 2.75) is 38.1 Å². The van der Waals surface area contributed by atoms with E-state index in [-0.39, 0.29) is 5.69 Å². The maximum atomic E-state index is 10.9. The second-order valence-electron chi connectivity index (χ2n) is 4.62. The van der Waals surface area contributed by atoms with E-state index in [4.69, 9.17) is 4.74 Å². The Morgan fingerprint density at radius 3 is 2.67 bits per heavy atom. The number of rotatable bonds is 4. The summed E-state index contributed by atoms with van der Waals surface area (Å²) in [6.07, 6.45) is 6.03. The molecule has 5 heteroatoms. The molecule has 2 rings (SSSR count). The molecule has 0 amide bonds. The van der Waals surface area contributed by atoms with Crippen LogP contribution in [0.4, 0.5) is 11.4 Å². The first-order valence-electron chi connectivity index (χ1n) is 6.29. The van der Waals surface area contributed by atoms with Gasteiger partial charge in [-0.25, -0.2) is 0 Å². The zero-order chi connectivity index (χ0) is 13.0. The number of nitrogens with zero attached hydrogens (tertiary/aromatic N) is 1. The van der Waals surface area contributed by atoms with Crippen LogP contribution in [0, 0.1) is 10.1 Å². The predicted octanol–water partition coefficient (Wildman–Crippen LogP) is 3.35. The number of nitrogens with one attached hydrogen (secondary N) is 1. The Morgan fingerprint density at radius 2 is 2.06 bits per heavy atom. The van der Waals surface area contributed by atoms with Gasteiger partial charge in [-0.15, -0.1) is 0 Å². The van der Waals surface area contributed by atoms with Gasteiger partial charge in [-0.1, -0.05) is 19.3 Å². The Hall–Kier alpha value is -1.78. The Kier molecular flexibility index (Phi) is 4.02. The van der Waals surface area contributed by atoms with Crippen LogP contribution >= 0.6 is 0 Å². The molecule has 0 unspecified atom stereocenters. The molecule has 0 saturated heterocycles. The quantitative estimate of drug-likeness (QED) is 0.657. The summed E-state index contributed by atoms with van der Waals surface area (Å²) in [5.41, 5.74) is 0.813. The van der Waals surface area contributed by atoms with Gasteiger partial charge in [0.2, 0.25) is 0 Å². The predicted molar refractivity (Wildman–Crippen MR) is 70.1 cm³/mol. The molecule has 0 heterocycles. The molecule has 1 fully saturated rings. The molecule has 1 aromatic rings. The molecule has 5 nitrogen and oxygen atoms in total. The van der Waals surface area contributed by atoms with Crippen molar-refractivity contribution >= 4 is 11.4 Å². The second kappa shape index (κ2) is 5.71. The van der Waals surface area contributed by atoms with E-state index in [1.807, 2.05) is 6.07 Å². The lowest BCUT2D eigenvalue weighted by Gasteiger charge is -2.23. The minimum absolute atomic E-state index is 0.0123. The van der Waals surface area contributed by atoms with E-state index in [0.29, 0.717) is 11.8 Å². The highest BCUT2D eigenvalue weighted by Crippen LogP contribution is 2.31. The first-order valence-corrected chi connectivity index (χ1v) is 6.29. The summed E-state index contributed by atoms with van der Waals surface area (Å²) in [6.45, 7) is 0. The molecule has 1 N–H and O–H groups in total. The third-order valence-electron chi connectivity index (χ3n) is 3.35. The lowest BCUT2D eigenvalue weighted by atomic mass is 9.95. The molecule has 1 aliphatic rings. The molecule has 0 aliphatic heterocycles. The molecule has 0 bridgehead atoms. The second-order valence-corrected chi connectivity index (χ2v) is 4.62. The Labute approximate surface area is 106 Å². The van der Waals surface area contributed by atoms with Crippen LogP contribution in [0.3, 0.4) is 0 Å². The summed E-state index contributed by atoms with van der Waals surface area (Å²) in [5.74, 6) is 0.300. The van der Waals surface area contributed by atoms with Crippen molar-refractivity contribution in [3.8, 4) is 5.75 Å². The first kappa shape index (κ1) is 12.7. The maximum absolute atomic E-state index is 10.9. The smallest absolute Gasteiger partial charge is 0.312 e. The molecule has 0 atom stereocenters. The van der Waals surface area contributed by atoms with Crippen LogP contribution in [-0.2, 0) is 0 Å². The van der Waals surface area contributed by atoms with Crippen LogP contribution in [0.1, 0.15) is 32.1 Å². The molecule has 0 aromatic heterocycles. The molecule has 1 aromatic carbocycles. The Balaban J connectivity index is 2.13. The van der Waals surface area contributed by atoms with Gasteiger partial charge in [0.15, 0.2) is 5.75 Å². The van der Waals surface area contributed by atoms with Gasteiger partial charge < -0.3 is 10.1 Å². The summed E-state index contributed by atoms with van der Waals surface area (Å²) >= 11 is 0. The minimum Gasteiger partial charge on any atom is -0.490 e. The minimum atomic E-state index is -0.412. The number of methoxy groups -OCH3 is 1. The summed E-state index contributed by atoms with van der Waals surface area (Å²) < 4.78 is 4.98. The fourth-order valence-electron chi connectivity index (χ4n) is 2.41. The fraction of sp³-hybridized carbons (Fsp3) is 0.538. The van der Waals surface area contributed by atoms with E-state index in [2.05, 4.69) is 5.32 Å². The lowest BCUT2D eigenvalue weighted by Crippen LogP contribution is -2.22. The Bertz CT molecular complexity index is 428. The van der Waals surface area contributed by atoms with Crippen LogP contribution in [0.25, 0.3) is 0 Å². The van der Waals surface area contributed by atoms with Crippen LogP contribution < -0.4 is 10.1 Å². The van der Waals surface area contributed by atoms with Crippen molar-refractivity contribution < 1.29 is 9.66 Å². The van der Waals surface area contributed by atoms with Crippen molar-refractivity contribution in [2.75, 3.05) is 12.4 Å². The lowest BCUT2D eigenvalue weighted by molar-refractivity contribution is -0.385. The van der Waals surface area contributed by atoms with Gasteiger partial charge in [-0.05, 0) is 25.0 Å². The third-order valence-corrected chi connectivity index (χ3v) is 3.35. The van der Waals surface area contributed by atoms with E-state index in [1.54, 1.807) is 12.1 Å². The Morgan fingerprint density at radius 1 is 1.33 bits per heavy atom. The van der Waals surface area contributed by atoms with Gasteiger partial charge in [0.1, 0.15) is 0 Å². The monoisotopic (exact) mass is 250 g/mol. The van der Waals surface area contributed by atoms with Gasteiger partial charge >= 0.3 is 5.69 Å². The average molecular weight is 250 g/mol. The summed E-state index contributed by atoms with van der Waals surface area (Å²) in [5, 5.41) is 14.3. The standard InChI is InChI=1S/C13H18N2O3/c1-18-13-8-7-11(9-12(13)15(16)17)14-10-5-3-2-4-6-10/h7-10,14H,2-6H2,1H3. The summed E-state index contributed by atoms with van der Waals surface area (Å²) in [6, 6.07) is 5.46. The topological polar surface area (TPSA) is 64.4 Å². The number of anilines is 1. The van der Waals surface area contributed by atoms with Crippen molar-refractivity contribution in [3.63, 3.8) is 0 Å². The van der Waals surface area contributed by atoms with E-state index < -0.39 is 4.92 Å². The van der Waals surface area contributed by atoms with Crippen LogP contribution in [0.15, 0.2) is 18.2 Å². The highest BCUT2D eigenvalue weighted by Gasteiger charge is 2.17. The molecule has 18 heavy (non-hydrogen) atoms. The van der Waals surface area contributed by atoms with Crippen molar-refractivity contribution in [2.24, 2.45) is 0 Å². The highest BCUT2D eigenvalue weighted by atomic mass is 16.6. The normalized spacial score (nSPS) is 16.3. The molecule has 0 spiro atoms. The molecule has 1 saturated carbocycles. The van der Waals surface area contributed by atoms with Gasteiger partial charge in [0.25, 0.3) is 0 Å². The number of nitro benzene ring substituents is 1. The first-order chi connectivity index (χ1) is 8.70. The largest absolute Gasteiger partial charge is 0.490 e. The van der Waals surface area contributed by atoms with Crippen LogP contribution in [0.5, 0.6) is 5.75 Å². The van der Waals surface area contributed by atoms with Crippen molar-refractivity contribution in [1.82, 2.24) is 0 Å². The number of benzene rings is 1. The van der Waals surface area contributed by atoms with Gasteiger partial charge in [-0.2, -0.15) is 0 Å². The number of nitro groups is 1. The van der Waals surface area contributed by atoms with Gasteiger partial charge in [-0.3, -0.25) is 10.1 Å². The summed E-state index contributed by atoms with van der Waals surface area (Å²) in [7, 11) is 1.44. The molecule has 98 valence electrons. The maximum Gasteiger partial charge on any atom is 0.312 e. The van der Waals surface area contributed by atoms with Gasteiger partial charge in [0, 0.05) is 17.8 Å². The van der Waals surface area contributed by atoms with Gasteiger partial charge in [0.05, 0.1) is 12.0 Å². The third kappa shape index (κ3) is 2.91. The number of hydrogen-bond donors (Lipinski definition) is 1. The van der Waals surface area contributed by atoms with E-state index in [1.165, 1.54) is 26.4 Å². The molecule has 1 aliphatic carbocycles. The zero-order valence-corrected chi connectivity index (χ0v) is 10.5. The zero-order valence-electron chi connectivity index (χ0n) is 10.5. The van der Waals surface area contributed by atoms with E-state index in [0.717, 1.165) is 18.5 Å². The van der Waals surface area contributed by atoms with Crippen LogP contribution in [-0.4, -0.2) is 18.1 Å². The average Bonchev–Trinajstić information content (AvgIpc) is 2.40. The molecule has 0 radical (unpaired) electrons. The summed E-state index contributed by atoms with van der Waals surface area (Å²) in [4.78, 5) is 10.5. The highest BCUT2D eigenvalue weighted by molar-refractivity contribution is 5.58. The molecular formula is C13H18N2O3. The fourth-order valence-corrected chi connectivity index (χ4v) is 2.41. The number of ether oxygens (including phenoxy) is 1. The van der Waals surface area contributed by atoms with Crippen molar-refractivity contribution in [1.29, 1.82) is 0 Å². The van der Waals surface area contributed by atoms with E-state index >= 15 is 0 Å². The SMILES string of the molecule is COc1ccc(NC2CCCCC2)cc1[N+](=O)[O-]. The number of hydrogen-bond acceptors (Lipinski definition) is 4. The van der Waals surface area contributed by atoms with E-state index in [9.17, 15) is 10.1 Å². The van der Waals surface area contributed by atoms with Crippen molar-refractivity contribution in [3.05, 3.63) is 28.3 Å². The molecular weight excluding hydrogens is 232 g/mol. The van der Waals surface area contributed by atoms with Crippen LogP contribution in [0.2, 0.25) is 0 Å².